The molecule has 3 nitrogen and oxygen atoms in total. The Labute approximate surface area is 282 Å². The molecule has 0 aromatic heterocycles. The van der Waals surface area contributed by atoms with Crippen LogP contribution in [0.1, 0.15) is 164 Å². The average Bonchev–Trinajstić information content (AvgIpc) is 3.01. The largest absolute Gasteiger partial charge is 0.435 e. The summed E-state index contributed by atoms with van der Waals surface area (Å²) < 4.78 is 19.1. The molecule has 0 spiro atoms. The maximum atomic E-state index is 7.17. The van der Waals surface area contributed by atoms with Crippen LogP contribution in [0, 0.1) is 52.3 Å². The molecule has 6 aliphatic rings. The molecule has 4 heteroatoms. The fraction of sp³-hybridized carbons (Fsp3) is 1.00. The second-order valence-electron chi connectivity index (χ2n) is 18.0. The van der Waals surface area contributed by atoms with Gasteiger partial charge in [-0.3, -0.25) is 0 Å². The van der Waals surface area contributed by atoms with Gasteiger partial charge in [0.25, 0.3) is 6.92 Å². The van der Waals surface area contributed by atoms with Crippen LogP contribution in [-0.4, -0.2) is 40.5 Å². The Morgan fingerprint density at radius 2 is 1.04 bits per heavy atom. The summed E-state index contributed by atoms with van der Waals surface area (Å²) in [7, 11) is 1.84. The van der Waals surface area contributed by atoms with E-state index in [4.69, 9.17) is 14.1 Å². The van der Waals surface area contributed by atoms with Gasteiger partial charge in [-0.15, -0.1) is 0 Å². The monoisotopic (exact) mass is 629 g/mol. The van der Waals surface area contributed by atoms with Gasteiger partial charge < -0.3 is 14.1 Å². The van der Waals surface area contributed by atoms with E-state index in [-0.39, 0.29) is 0 Å². The highest BCUT2D eigenvalue weighted by molar-refractivity contribution is 6.55. The molecule has 0 aromatic carbocycles. The SMILES string of the molecule is CCCCCCCCCCCCCCCCOC[C@@H](COC)COB(C1C[C@@H]2C[C@H]([C@H]1C)C2(C)C)C1C[C@@H]2C[C@H]([C@H]1C)C2(C)C. The normalized spacial score (nSPS) is 33.3. The first-order valence-corrected chi connectivity index (χ1v) is 20.3. The van der Waals surface area contributed by atoms with Crippen molar-refractivity contribution in [3.63, 3.8) is 0 Å². The first-order valence-electron chi connectivity index (χ1n) is 20.3. The summed E-state index contributed by atoms with van der Waals surface area (Å²) in [6.45, 7) is 21.2. The molecule has 0 amide bonds. The molecule has 6 saturated carbocycles. The molecule has 2 unspecified atom stereocenters. The lowest BCUT2D eigenvalue weighted by Crippen LogP contribution is -2.60. The smallest absolute Gasteiger partial charge is 0.299 e. The van der Waals surface area contributed by atoms with E-state index in [0.717, 1.165) is 73.6 Å². The van der Waals surface area contributed by atoms with E-state index >= 15 is 0 Å². The van der Waals surface area contributed by atoms with E-state index in [9.17, 15) is 0 Å². The maximum Gasteiger partial charge on any atom is 0.299 e. The van der Waals surface area contributed by atoms with Crippen LogP contribution in [0.4, 0.5) is 0 Å². The van der Waals surface area contributed by atoms with Crippen molar-refractivity contribution in [2.24, 2.45) is 52.3 Å². The van der Waals surface area contributed by atoms with Gasteiger partial charge in [-0.05, 0) is 77.2 Å². The minimum atomic E-state index is 0.332. The third-order valence-corrected chi connectivity index (χ3v) is 14.6. The molecule has 6 aliphatic carbocycles. The summed E-state index contributed by atoms with van der Waals surface area (Å²) in [4.78, 5) is 0. The van der Waals surface area contributed by atoms with Gasteiger partial charge in [-0.25, -0.2) is 0 Å². The highest BCUT2D eigenvalue weighted by Crippen LogP contribution is 2.69. The van der Waals surface area contributed by atoms with E-state index in [0.29, 0.717) is 23.7 Å². The highest BCUT2D eigenvalue weighted by atomic mass is 16.5. The van der Waals surface area contributed by atoms with Crippen LogP contribution in [0.15, 0.2) is 0 Å². The minimum absolute atomic E-state index is 0.332. The van der Waals surface area contributed by atoms with Gasteiger partial charge in [0.05, 0.1) is 13.2 Å². The second kappa shape index (κ2) is 18.1. The van der Waals surface area contributed by atoms with E-state index < -0.39 is 0 Å². The quantitative estimate of drug-likeness (QED) is 0.0786. The Morgan fingerprint density at radius 3 is 1.44 bits per heavy atom. The van der Waals surface area contributed by atoms with Crippen molar-refractivity contribution >= 4 is 6.92 Å². The summed E-state index contributed by atoms with van der Waals surface area (Å²) in [5.74, 6) is 6.84. The summed E-state index contributed by atoms with van der Waals surface area (Å²) in [6, 6.07) is 0. The van der Waals surface area contributed by atoms with E-state index in [1.165, 1.54) is 116 Å². The van der Waals surface area contributed by atoms with Crippen LogP contribution in [0.2, 0.25) is 11.6 Å². The topological polar surface area (TPSA) is 27.7 Å². The third kappa shape index (κ3) is 9.56. The van der Waals surface area contributed by atoms with Gasteiger partial charge in [-0.1, -0.05) is 145 Å². The van der Waals surface area contributed by atoms with Crippen molar-refractivity contribution in [2.75, 3.05) is 33.5 Å². The molecule has 9 atom stereocenters. The second-order valence-corrected chi connectivity index (χ2v) is 18.0. The molecule has 0 N–H and O–H groups in total. The standard InChI is InChI=1S/C41H77BO3/c1-9-10-11-12-13-14-15-16-17-18-19-20-21-22-23-44-29-33(28-43-8)30-45-42(38-26-34-24-36(31(38)2)40(34,4)5)39-27-35-25-37(32(39)3)41(35,6)7/h31-39H,9-30H2,1-8H3/t31-,32-,33-,34+,35+,36-,37-,38?,39?/m1/s1. The van der Waals surface area contributed by atoms with Gasteiger partial charge in [0.1, 0.15) is 0 Å². The Bertz CT molecular complexity index is 786. The number of unbranched alkanes of at least 4 members (excludes halogenated alkanes) is 13. The van der Waals surface area contributed by atoms with Crippen LogP contribution in [0.5, 0.6) is 0 Å². The number of rotatable bonds is 24. The molecule has 0 radical (unpaired) electrons. The first-order chi connectivity index (χ1) is 21.6. The van der Waals surface area contributed by atoms with Crippen molar-refractivity contribution in [1.82, 2.24) is 0 Å². The number of hydrogen-bond acceptors (Lipinski definition) is 3. The number of ether oxygens (including phenoxy) is 2. The van der Waals surface area contributed by atoms with Gasteiger partial charge in [0.2, 0.25) is 0 Å². The molecule has 0 saturated heterocycles. The van der Waals surface area contributed by atoms with Gasteiger partial charge in [0, 0.05) is 26.2 Å². The van der Waals surface area contributed by atoms with Crippen LogP contribution >= 0.6 is 0 Å². The molecular formula is C41H77BO3. The molecule has 0 aromatic rings. The molecular weight excluding hydrogens is 551 g/mol. The van der Waals surface area contributed by atoms with Crippen LogP contribution in [0.25, 0.3) is 0 Å². The number of hydrogen-bond donors (Lipinski definition) is 0. The Morgan fingerprint density at radius 1 is 0.600 bits per heavy atom. The summed E-state index contributed by atoms with van der Waals surface area (Å²) in [5.41, 5.74) is 1.06. The zero-order valence-corrected chi connectivity index (χ0v) is 31.6. The molecule has 0 heterocycles. The van der Waals surface area contributed by atoms with E-state index in [1.54, 1.807) is 0 Å². The van der Waals surface area contributed by atoms with Crippen molar-refractivity contribution in [3.8, 4) is 0 Å². The molecule has 4 bridgehead atoms. The van der Waals surface area contributed by atoms with E-state index in [1.807, 2.05) is 7.11 Å². The van der Waals surface area contributed by atoms with Crippen LogP contribution in [-0.2, 0) is 14.1 Å². The fourth-order valence-corrected chi connectivity index (χ4v) is 11.1. The lowest BCUT2D eigenvalue weighted by Gasteiger charge is -2.66. The predicted octanol–water partition coefficient (Wildman–Crippen LogP) is 11.9. The number of fused-ring (bicyclic) bond motifs is 4. The predicted molar refractivity (Wildman–Crippen MR) is 194 cm³/mol. The molecule has 262 valence electrons. The fourth-order valence-electron chi connectivity index (χ4n) is 11.1. The van der Waals surface area contributed by atoms with E-state index in [2.05, 4.69) is 48.5 Å². The van der Waals surface area contributed by atoms with Gasteiger partial charge in [-0.2, -0.15) is 0 Å². The van der Waals surface area contributed by atoms with Gasteiger partial charge >= 0.3 is 0 Å². The third-order valence-electron chi connectivity index (χ3n) is 14.6. The lowest BCUT2D eigenvalue weighted by molar-refractivity contribution is -0.111. The molecule has 6 rings (SSSR count). The first kappa shape index (κ1) is 37.8. The van der Waals surface area contributed by atoms with Crippen molar-refractivity contribution < 1.29 is 14.1 Å². The Hall–Kier alpha value is -0.0551. The van der Waals surface area contributed by atoms with Gasteiger partial charge in [0.15, 0.2) is 0 Å². The Balaban J connectivity index is 1.14. The summed E-state index contributed by atoms with van der Waals surface area (Å²) in [6.07, 6.45) is 25.2. The summed E-state index contributed by atoms with van der Waals surface area (Å²) in [5, 5.41) is 0. The average molecular weight is 629 g/mol. The Kier molecular flexibility index (Phi) is 15.2. The summed E-state index contributed by atoms with van der Waals surface area (Å²) >= 11 is 0. The zero-order chi connectivity index (χ0) is 32.5. The zero-order valence-electron chi connectivity index (χ0n) is 31.6. The van der Waals surface area contributed by atoms with Crippen molar-refractivity contribution in [2.45, 2.75) is 176 Å². The van der Waals surface area contributed by atoms with Crippen LogP contribution < -0.4 is 0 Å². The van der Waals surface area contributed by atoms with Crippen molar-refractivity contribution in [3.05, 3.63) is 0 Å². The molecule has 0 aliphatic heterocycles. The maximum absolute atomic E-state index is 7.17. The molecule has 6 fully saturated rings. The molecule has 45 heavy (non-hydrogen) atoms. The van der Waals surface area contributed by atoms with Crippen LogP contribution in [0.3, 0.4) is 0 Å². The highest BCUT2D eigenvalue weighted by Gasteiger charge is 2.63. The lowest BCUT2D eigenvalue weighted by atomic mass is 9.27. The number of methoxy groups -OCH3 is 1. The van der Waals surface area contributed by atoms with Crippen molar-refractivity contribution in [1.29, 1.82) is 0 Å². The minimum Gasteiger partial charge on any atom is -0.435 e.